The van der Waals surface area contributed by atoms with Crippen molar-refractivity contribution in [2.75, 3.05) is 23.1 Å². The van der Waals surface area contributed by atoms with Gasteiger partial charge in [0.25, 0.3) is 0 Å². The van der Waals surface area contributed by atoms with Gasteiger partial charge in [-0.25, -0.2) is 4.98 Å². The molecule has 0 fully saturated rings. The van der Waals surface area contributed by atoms with Gasteiger partial charge in [0.05, 0.1) is 5.52 Å². The largest absolute Gasteiger partial charge is 0.368 e. The van der Waals surface area contributed by atoms with E-state index in [-0.39, 0.29) is 12.0 Å². The third-order valence-electron chi connectivity index (χ3n) is 2.49. The highest BCUT2D eigenvalue weighted by Crippen LogP contribution is 2.21. The molecule has 18 heavy (non-hydrogen) atoms. The summed E-state index contributed by atoms with van der Waals surface area (Å²) in [6.07, 6.45) is 1.69. The lowest BCUT2D eigenvalue weighted by Crippen LogP contribution is -2.23. The fourth-order valence-corrected chi connectivity index (χ4v) is 2.62. The van der Waals surface area contributed by atoms with E-state index in [0.717, 1.165) is 10.9 Å². The summed E-state index contributed by atoms with van der Waals surface area (Å²) < 4.78 is 11.2. The number of rotatable bonds is 4. The van der Waals surface area contributed by atoms with Crippen molar-refractivity contribution in [3.05, 3.63) is 24.3 Å². The number of hydrogen-bond acceptors (Lipinski definition) is 5. The zero-order valence-corrected chi connectivity index (χ0v) is 11.2. The Morgan fingerprint density at radius 3 is 2.83 bits per heavy atom. The Morgan fingerprint density at radius 2 is 2.11 bits per heavy atom. The number of para-hydroxylation sites is 1. The molecule has 0 radical (unpaired) electrons. The van der Waals surface area contributed by atoms with Gasteiger partial charge in [-0.2, -0.15) is 4.98 Å². The minimum absolute atomic E-state index is 0.0635. The maximum absolute atomic E-state index is 11.2. The summed E-state index contributed by atoms with van der Waals surface area (Å²) in [5.74, 6) is 1.50. The van der Waals surface area contributed by atoms with E-state index in [2.05, 4.69) is 15.3 Å². The molecule has 0 bridgehead atoms. The molecule has 0 amide bonds. The predicted molar refractivity (Wildman–Crippen MR) is 76.0 cm³/mol. The van der Waals surface area contributed by atoms with Crippen LogP contribution in [-0.4, -0.2) is 32.2 Å². The van der Waals surface area contributed by atoms with Crippen molar-refractivity contribution in [3.63, 3.8) is 0 Å². The minimum atomic E-state index is -0.846. The highest BCUT2D eigenvalue weighted by atomic mass is 32.2. The fraction of sp³-hybridized carbons (Fsp3) is 0.333. The molecule has 2 unspecified atom stereocenters. The quantitative estimate of drug-likeness (QED) is 0.872. The summed E-state index contributed by atoms with van der Waals surface area (Å²) in [5.41, 5.74) is 6.48. The van der Waals surface area contributed by atoms with E-state index in [9.17, 15) is 4.21 Å². The van der Waals surface area contributed by atoms with E-state index in [0.29, 0.717) is 11.6 Å². The van der Waals surface area contributed by atoms with E-state index in [4.69, 9.17) is 5.73 Å². The standard InChI is InChI=1S/C12H16N4OS/c1-8(7-18(2)17)14-11-9-5-3-4-6-10(9)15-12(13)16-11/h3-6,8H,7H2,1-2H3,(H3,13,14,15,16). The van der Waals surface area contributed by atoms with Gasteiger partial charge in [-0.1, -0.05) is 12.1 Å². The molecule has 96 valence electrons. The SMILES string of the molecule is CC(CS(C)=O)Nc1nc(N)nc2ccccc12. The van der Waals surface area contributed by atoms with Crippen molar-refractivity contribution < 1.29 is 4.21 Å². The van der Waals surface area contributed by atoms with Crippen LogP contribution in [0.4, 0.5) is 11.8 Å². The topological polar surface area (TPSA) is 80.9 Å². The molecule has 0 saturated heterocycles. The van der Waals surface area contributed by atoms with Gasteiger partial charge in [0, 0.05) is 34.2 Å². The number of nitrogens with two attached hydrogens (primary N) is 1. The van der Waals surface area contributed by atoms with Gasteiger partial charge in [-0.15, -0.1) is 0 Å². The lowest BCUT2D eigenvalue weighted by atomic mass is 10.2. The molecule has 0 spiro atoms. The van der Waals surface area contributed by atoms with Crippen molar-refractivity contribution in [2.24, 2.45) is 0 Å². The van der Waals surface area contributed by atoms with Crippen LogP contribution in [0.2, 0.25) is 0 Å². The molecule has 2 rings (SSSR count). The molecule has 0 aliphatic heterocycles. The molecule has 1 aromatic heterocycles. The van der Waals surface area contributed by atoms with Crippen LogP contribution in [0.25, 0.3) is 10.9 Å². The first-order valence-electron chi connectivity index (χ1n) is 5.65. The lowest BCUT2D eigenvalue weighted by Gasteiger charge is -2.14. The average molecular weight is 264 g/mol. The number of nitrogens with zero attached hydrogens (tertiary/aromatic N) is 2. The average Bonchev–Trinajstić information content (AvgIpc) is 2.27. The molecule has 5 nitrogen and oxygen atoms in total. The summed E-state index contributed by atoms with van der Waals surface area (Å²) in [5, 5.41) is 4.15. The molecular weight excluding hydrogens is 248 g/mol. The van der Waals surface area contributed by atoms with Gasteiger partial charge in [-0.3, -0.25) is 4.21 Å². The summed E-state index contributed by atoms with van der Waals surface area (Å²) in [6.45, 7) is 1.97. The second-order valence-electron chi connectivity index (χ2n) is 4.23. The minimum Gasteiger partial charge on any atom is -0.368 e. The van der Waals surface area contributed by atoms with Crippen LogP contribution in [0.3, 0.4) is 0 Å². The van der Waals surface area contributed by atoms with Crippen molar-refractivity contribution in [3.8, 4) is 0 Å². The van der Waals surface area contributed by atoms with Crippen LogP contribution >= 0.6 is 0 Å². The van der Waals surface area contributed by atoms with E-state index in [1.54, 1.807) is 6.26 Å². The summed E-state index contributed by atoms with van der Waals surface area (Å²) in [4.78, 5) is 8.38. The first kappa shape index (κ1) is 12.8. The monoisotopic (exact) mass is 264 g/mol. The van der Waals surface area contributed by atoms with Gasteiger partial charge >= 0.3 is 0 Å². The Morgan fingerprint density at radius 1 is 1.39 bits per heavy atom. The third kappa shape index (κ3) is 2.95. The number of hydrogen-bond donors (Lipinski definition) is 2. The lowest BCUT2D eigenvalue weighted by molar-refractivity contribution is 0.683. The number of nitrogens with one attached hydrogen (secondary N) is 1. The fourth-order valence-electron chi connectivity index (χ4n) is 1.83. The maximum Gasteiger partial charge on any atom is 0.222 e. The van der Waals surface area contributed by atoms with Crippen LogP contribution in [0.5, 0.6) is 0 Å². The molecule has 6 heteroatoms. The Bertz CT molecular complexity index is 587. The number of nitrogen functional groups attached to an aromatic ring is 1. The van der Waals surface area contributed by atoms with Crippen LogP contribution in [0.15, 0.2) is 24.3 Å². The Kier molecular flexibility index (Phi) is 3.76. The Balaban J connectivity index is 2.35. The molecule has 0 aliphatic rings. The van der Waals surface area contributed by atoms with Crippen molar-refractivity contribution in [1.82, 2.24) is 9.97 Å². The van der Waals surface area contributed by atoms with Crippen molar-refractivity contribution in [1.29, 1.82) is 0 Å². The van der Waals surface area contributed by atoms with Gasteiger partial charge < -0.3 is 11.1 Å². The van der Waals surface area contributed by atoms with Gasteiger partial charge in [0.2, 0.25) is 5.95 Å². The van der Waals surface area contributed by atoms with Gasteiger partial charge in [0.15, 0.2) is 0 Å². The maximum atomic E-state index is 11.2. The second kappa shape index (κ2) is 5.30. The zero-order chi connectivity index (χ0) is 13.1. The molecule has 1 aromatic carbocycles. The molecule has 2 atom stereocenters. The number of anilines is 2. The normalized spacial score (nSPS) is 14.3. The molecular formula is C12H16N4OS. The van der Waals surface area contributed by atoms with Crippen molar-refractivity contribution >= 4 is 33.5 Å². The molecule has 0 saturated carbocycles. The van der Waals surface area contributed by atoms with Crippen LogP contribution in [0.1, 0.15) is 6.92 Å². The summed E-state index contributed by atoms with van der Waals surface area (Å²) in [6, 6.07) is 7.72. The number of benzene rings is 1. The highest BCUT2D eigenvalue weighted by molar-refractivity contribution is 7.84. The first-order valence-corrected chi connectivity index (χ1v) is 7.38. The second-order valence-corrected chi connectivity index (χ2v) is 5.71. The van der Waals surface area contributed by atoms with Crippen LogP contribution in [0, 0.1) is 0 Å². The van der Waals surface area contributed by atoms with Crippen LogP contribution < -0.4 is 11.1 Å². The molecule has 0 aliphatic carbocycles. The zero-order valence-electron chi connectivity index (χ0n) is 10.4. The summed E-state index contributed by atoms with van der Waals surface area (Å²) in [7, 11) is -0.846. The third-order valence-corrected chi connectivity index (χ3v) is 3.46. The van der Waals surface area contributed by atoms with E-state index in [1.165, 1.54) is 0 Å². The van der Waals surface area contributed by atoms with Crippen molar-refractivity contribution in [2.45, 2.75) is 13.0 Å². The molecule has 2 aromatic rings. The number of fused-ring (bicyclic) bond motifs is 1. The number of aromatic nitrogens is 2. The van der Waals surface area contributed by atoms with E-state index >= 15 is 0 Å². The molecule has 3 N–H and O–H groups in total. The Hall–Kier alpha value is -1.69. The molecule has 1 heterocycles. The summed E-state index contributed by atoms with van der Waals surface area (Å²) >= 11 is 0. The predicted octanol–water partition coefficient (Wildman–Crippen LogP) is 1.39. The van der Waals surface area contributed by atoms with Gasteiger partial charge in [-0.05, 0) is 19.1 Å². The van der Waals surface area contributed by atoms with E-state index in [1.807, 2.05) is 31.2 Å². The first-order chi connectivity index (χ1) is 8.56. The van der Waals surface area contributed by atoms with Gasteiger partial charge in [0.1, 0.15) is 5.82 Å². The smallest absolute Gasteiger partial charge is 0.222 e. The Labute approximate surface area is 108 Å². The van der Waals surface area contributed by atoms with Crippen LogP contribution in [-0.2, 0) is 10.8 Å². The van der Waals surface area contributed by atoms with E-state index < -0.39 is 10.8 Å². The highest BCUT2D eigenvalue weighted by Gasteiger charge is 2.09.